The highest BCUT2D eigenvalue weighted by Gasteiger charge is 2.71. The lowest BCUT2D eigenvalue weighted by Crippen LogP contribution is -2.68. The van der Waals surface area contributed by atoms with Gasteiger partial charge in [0, 0.05) is 17.5 Å². The molecule has 1 heterocycles. The number of amides is 1. The van der Waals surface area contributed by atoms with Gasteiger partial charge in [-0.3, -0.25) is 9.88 Å². The minimum atomic E-state index is -0.795. The van der Waals surface area contributed by atoms with Gasteiger partial charge in [-0.25, -0.2) is 0 Å². The van der Waals surface area contributed by atoms with E-state index in [1.807, 2.05) is 42.5 Å². The van der Waals surface area contributed by atoms with Crippen LogP contribution in [-0.2, 0) is 20.5 Å². The summed E-state index contributed by atoms with van der Waals surface area (Å²) in [7, 11) is 1.91. The summed E-state index contributed by atoms with van der Waals surface area (Å²) < 4.78 is 13.1. The van der Waals surface area contributed by atoms with E-state index >= 15 is 0 Å². The second-order valence-electron chi connectivity index (χ2n) is 10.4. The molecule has 0 radical (unpaired) electrons. The number of allylic oxidation sites excluding steroid dienone is 2. The van der Waals surface area contributed by atoms with Crippen LogP contribution in [0.1, 0.15) is 37.7 Å². The lowest BCUT2D eigenvalue weighted by Gasteiger charge is -2.64. The summed E-state index contributed by atoms with van der Waals surface area (Å²) >= 11 is 0. The standard InChI is InChI=1S/C26H35BN3O3P/c1-3-25(4-2)19-14-21(25)26(16-28)22(15-19)32-27(33-26)23(13-18-10-11-18)29-24(31)20(30-34)12-17-8-6-5-7-9-17/h3-9,16,18-23,28,30H,1-2,10-15,34H2,(H,29,31)/t19-,20?,21?,22+,23-,26-/m0/s1. The van der Waals surface area contributed by atoms with E-state index in [9.17, 15) is 4.79 Å². The first-order valence-electron chi connectivity index (χ1n) is 12.4. The van der Waals surface area contributed by atoms with Crippen LogP contribution in [0.3, 0.4) is 0 Å². The number of hydrogen-bond acceptors (Lipinski definition) is 5. The average molecular weight is 479 g/mol. The van der Waals surface area contributed by atoms with Crippen molar-refractivity contribution in [3.8, 4) is 0 Å². The highest BCUT2D eigenvalue weighted by Crippen LogP contribution is 2.66. The zero-order chi connectivity index (χ0) is 23.9. The van der Waals surface area contributed by atoms with Crippen molar-refractivity contribution in [1.29, 1.82) is 5.41 Å². The molecule has 5 aliphatic rings. The Labute approximate surface area is 205 Å². The first-order valence-corrected chi connectivity index (χ1v) is 13.0. The predicted molar refractivity (Wildman–Crippen MR) is 138 cm³/mol. The molecule has 3 unspecified atom stereocenters. The van der Waals surface area contributed by atoms with Gasteiger partial charge in [0.2, 0.25) is 5.91 Å². The molecule has 1 saturated heterocycles. The molecule has 1 aliphatic heterocycles. The van der Waals surface area contributed by atoms with Gasteiger partial charge in [-0.2, -0.15) is 0 Å². The van der Waals surface area contributed by atoms with Gasteiger partial charge in [0.15, 0.2) is 0 Å². The first kappa shape index (κ1) is 23.9. The number of carbonyl (C=O) groups is 1. The van der Waals surface area contributed by atoms with Crippen molar-refractivity contribution < 1.29 is 14.1 Å². The van der Waals surface area contributed by atoms with Gasteiger partial charge in [0.1, 0.15) is 5.60 Å². The molecule has 6 rings (SSSR count). The molecule has 1 aromatic carbocycles. The Morgan fingerprint density at radius 3 is 2.62 bits per heavy atom. The van der Waals surface area contributed by atoms with Crippen LogP contribution in [0, 0.1) is 28.6 Å². The molecule has 6 nitrogen and oxygen atoms in total. The molecule has 4 saturated carbocycles. The molecule has 5 fully saturated rings. The minimum Gasteiger partial charge on any atom is -0.404 e. The van der Waals surface area contributed by atoms with Crippen molar-refractivity contribution in [2.24, 2.45) is 23.2 Å². The summed E-state index contributed by atoms with van der Waals surface area (Å²) in [5.74, 6) is 0.783. The van der Waals surface area contributed by atoms with Gasteiger partial charge < -0.3 is 20.0 Å². The largest absolute Gasteiger partial charge is 0.481 e. The van der Waals surface area contributed by atoms with Gasteiger partial charge >= 0.3 is 7.12 Å². The highest BCUT2D eigenvalue weighted by molar-refractivity contribution is 7.13. The van der Waals surface area contributed by atoms with Gasteiger partial charge in [-0.1, -0.05) is 64.7 Å². The third-order valence-corrected chi connectivity index (χ3v) is 9.07. The molecule has 2 bridgehead atoms. The fourth-order valence-corrected chi connectivity index (χ4v) is 6.76. The third-order valence-electron chi connectivity index (χ3n) is 8.67. The Bertz CT molecular complexity index is 950. The maximum Gasteiger partial charge on any atom is 0.481 e. The number of benzene rings is 1. The van der Waals surface area contributed by atoms with Crippen molar-refractivity contribution >= 4 is 28.6 Å². The molecule has 7 atom stereocenters. The maximum absolute atomic E-state index is 13.3. The third kappa shape index (κ3) is 3.91. The summed E-state index contributed by atoms with van der Waals surface area (Å²) in [6.45, 7) is 8.17. The van der Waals surface area contributed by atoms with Crippen LogP contribution >= 0.6 is 9.39 Å². The molecule has 0 spiro atoms. The topological polar surface area (TPSA) is 83.4 Å². The van der Waals surface area contributed by atoms with E-state index < -0.39 is 12.7 Å². The highest BCUT2D eigenvalue weighted by atomic mass is 31.0. The van der Waals surface area contributed by atoms with Crippen molar-refractivity contribution in [3.63, 3.8) is 0 Å². The molecule has 1 aromatic rings. The normalized spacial score (nSPS) is 32.6. The van der Waals surface area contributed by atoms with Crippen molar-refractivity contribution in [1.82, 2.24) is 10.4 Å². The average Bonchev–Trinajstić information content (AvgIpc) is 3.59. The molecular formula is C26H35BN3O3P. The van der Waals surface area contributed by atoms with E-state index in [0.717, 1.165) is 24.8 Å². The van der Waals surface area contributed by atoms with Crippen LogP contribution in [-0.4, -0.2) is 42.9 Å². The van der Waals surface area contributed by atoms with Crippen LogP contribution in [0.25, 0.3) is 0 Å². The summed E-state index contributed by atoms with van der Waals surface area (Å²) in [5, 5.41) is 14.7. The molecule has 0 aromatic heterocycles. The molecule has 34 heavy (non-hydrogen) atoms. The van der Waals surface area contributed by atoms with Crippen LogP contribution < -0.4 is 10.4 Å². The lowest BCUT2D eigenvalue weighted by molar-refractivity contribution is -0.146. The van der Waals surface area contributed by atoms with Gasteiger partial charge in [-0.05, 0) is 43.1 Å². The zero-order valence-electron chi connectivity index (χ0n) is 19.6. The fourth-order valence-electron chi connectivity index (χ4n) is 6.49. The van der Waals surface area contributed by atoms with E-state index in [2.05, 4.69) is 33.0 Å². The molecule has 8 heteroatoms. The number of rotatable bonds is 11. The molecule has 1 amide bonds. The molecule has 3 N–H and O–H groups in total. The zero-order valence-corrected chi connectivity index (χ0v) is 20.8. The van der Waals surface area contributed by atoms with Crippen molar-refractivity contribution in [2.45, 2.75) is 62.2 Å². The Kier molecular flexibility index (Phi) is 6.58. The van der Waals surface area contributed by atoms with Crippen LogP contribution in [0.5, 0.6) is 0 Å². The van der Waals surface area contributed by atoms with E-state index in [-0.39, 0.29) is 35.3 Å². The summed E-state index contributed by atoms with van der Waals surface area (Å²) in [4.78, 5) is 13.3. The quantitative estimate of drug-likeness (QED) is 0.196. The Morgan fingerprint density at radius 1 is 1.26 bits per heavy atom. The van der Waals surface area contributed by atoms with Gasteiger partial charge in [0.25, 0.3) is 0 Å². The Balaban J connectivity index is 1.33. The van der Waals surface area contributed by atoms with E-state index in [1.54, 1.807) is 0 Å². The predicted octanol–water partition coefficient (Wildman–Crippen LogP) is 3.49. The molecular weight excluding hydrogens is 444 g/mol. The number of hydrogen-bond donors (Lipinski definition) is 3. The van der Waals surface area contributed by atoms with Crippen molar-refractivity contribution in [2.75, 3.05) is 0 Å². The Morgan fingerprint density at radius 2 is 2.00 bits per heavy atom. The van der Waals surface area contributed by atoms with E-state index in [0.29, 0.717) is 18.3 Å². The summed E-state index contributed by atoms with van der Waals surface area (Å²) in [5.41, 5.74) is 0.0888. The second-order valence-corrected chi connectivity index (χ2v) is 10.8. The monoisotopic (exact) mass is 479 g/mol. The summed E-state index contributed by atoms with van der Waals surface area (Å²) in [6.07, 6.45) is 10.8. The molecule has 4 aliphatic carbocycles. The minimum absolute atomic E-state index is 0.0636. The van der Waals surface area contributed by atoms with Gasteiger partial charge in [-0.15, -0.1) is 13.2 Å². The van der Waals surface area contributed by atoms with Crippen LogP contribution in [0.15, 0.2) is 55.6 Å². The maximum atomic E-state index is 13.3. The molecule has 180 valence electrons. The lowest BCUT2D eigenvalue weighted by atomic mass is 9.42. The smallest absolute Gasteiger partial charge is 0.404 e. The number of nitrogens with one attached hydrogen (secondary N) is 3. The fraction of sp³-hybridized carbons (Fsp3) is 0.538. The van der Waals surface area contributed by atoms with E-state index in [4.69, 9.17) is 14.7 Å². The van der Waals surface area contributed by atoms with Crippen LogP contribution in [0.2, 0.25) is 0 Å². The SMILES string of the molecule is C=CC1(C=C)C2C[C@H]1C[C@H]1OB([C@H](CC3CC3)NC(=O)C(Cc3ccccc3)NP)O[C@@]21C=N. The summed E-state index contributed by atoms with van der Waals surface area (Å²) in [6, 6.07) is 9.63. The van der Waals surface area contributed by atoms with E-state index in [1.165, 1.54) is 19.1 Å². The Hall–Kier alpha value is -1.79. The van der Waals surface area contributed by atoms with Gasteiger partial charge in [0.05, 0.1) is 18.1 Å². The van der Waals surface area contributed by atoms with Crippen molar-refractivity contribution in [3.05, 3.63) is 61.2 Å². The second kappa shape index (κ2) is 9.35. The van der Waals surface area contributed by atoms with Crippen LogP contribution in [0.4, 0.5) is 0 Å². The first-order chi connectivity index (χ1) is 16.5. The number of carbonyl (C=O) groups excluding carboxylic acids is 1.